The van der Waals surface area contributed by atoms with Crippen LogP contribution in [0, 0.1) is 6.92 Å². The molecule has 0 saturated carbocycles. The van der Waals surface area contributed by atoms with E-state index in [1.807, 2.05) is 60.0 Å². The summed E-state index contributed by atoms with van der Waals surface area (Å²) in [4.78, 5) is 15.8. The highest BCUT2D eigenvalue weighted by Crippen LogP contribution is 2.28. The topological polar surface area (TPSA) is 34.0 Å². The molecule has 32 heavy (non-hydrogen) atoms. The van der Waals surface area contributed by atoms with Crippen LogP contribution >= 0.6 is 15.9 Å². The van der Waals surface area contributed by atoms with Crippen LogP contribution in [-0.2, 0) is 0 Å². The minimum absolute atomic E-state index is 0.0171. The number of hydrogen-bond acceptors (Lipinski definition) is 3. The molecular weight excluding hydrogens is 464 g/mol. The Morgan fingerprint density at radius 3 is 2.41 bits per heavy atom. The van der Waals surface area contributed by atoms with E-state index in [0.717, 1.165) is 34.3 Å². The van der Waals surface area contributed by atoms with Crippen molar-refractivity contribution in [2.24, 2.45) is 0 Å². The van der Waals surface area contributed by atoms with Gasteiger partial charge < -0.3 is 14.0 Å². The number of nitrogens with zero attached hydrogens (tertiary/aromatic N) is 2. The smallest absolute Gasteiger partial charge is 0.210 e. The Balaban J connectivity index is 1.60. The molecule has 0 fully saturated rings. The molecule has 3 rings (SSSR count). The zero-order valence-electron chi connectivity index (χ0n) is 19.6. The van der Waals surface area contributed by atoms with Crippen molar-refractivity contribution in [2.45, 2.75) is 52.9 Å². The third kappa shape index (κ3) is 6.23. The Labute approximate surface area is 200 Å². The highest BCUT2D eigenvalue weighted by Gasteiger charge is 2.18. The van der Waals surface area contributed by atoms with E-state index in [2.05, 4.69) is 34.7 Å². The van der Waals surface area contributed by atoms with E-state index in [9.17, 15) is 4.79 Å². The maximum atomic E-state index is 13.2. The second kappa shape index (κ2) is 12.2. The minimum Gasteiger partial charge on any atom is -0.492 e. The molecule has 0 atom stereocenters. The SMILES string of the molecule is CCCCN(CCCC)CCCOc1ccc(C(=O)c2c(C)cc3ccccn23)cc1Br. The molecule has 0 unspecified atom stereocenters. The van der Waals surface area contributed by atoms with Gasteiger partial charge in [-0.3, -0.25) is 4.79 Å². The number of pyridine rings is 1. The molecule has 0 saturated heterocycles. The highest BCUT2D eigenvalue weighted by molar-refractivity contribution is 9.10. The van der Waals surface area contributed by atoms with E-state index in [1.165, 1.54) is 38.8 Å². The molecule has 0 bridgehead atoms. The van der Waals surface area contributed by atoms with Crippen molar-refractivity contribution < 1.29 is 9.53 Å². The Morgan fingerprint density at radius 2 is 1.72 bits per heavy atom. The Kier molecular flexibility index (Phi) is 9.36. The molecule has 1 aromatic carbocycles. The van der Waals surface area contributed by atoms with Crippen LogP contribution in [0.3, 0.4) is 0 Å². The van der Waals surface area contributed by atoms with Crippen molar-refractivity contribution in [2.75, 3.05) is 26.2 Å². The van der Waals surface area contributed by atoms with Gasteiger partial charge in [-0.2, -0.15) is 0 Å². The number of aryl methyl sites for hydroxylation is 1. The fraction of sp³-hybridized carbons (Fsp3) is 0.444. The van der Waals surface area contributed by atoms with E-state index >= 15 is 0 Å². The van der Waals surface area contributed by atoms with Crippen molar-refractivity contribution in [3.63, 3.8) is 0 Å². The lowest BCUT2D eigenvalue weighted by atomic mass is 10.1. The lowest BCUT2D eigenvalue weighted by Crippen LogP contribution is -2.28. The number of aromatic nitrogens is 1. The highest BCUT2D eigenvalue weighted by atomic mass is 79.9. The number of ketones is 1. The molecule has 2 heterocycles. The van der Waals surface area contributed by atoms with Gasteiger partial charge in [-0.05, 0) is 97.2 Å². The van der Waals surface area contributed by atoms with Crippen molar-refractivity contribution in [3.05, 3.63) is 70.0 Å². The van der Waals surface area contributed by atoms with Crippen molar-refractivity contribution in [1.82, 2.24) is 9.30 Å². The van der Waals surface area contributed by atoms with E-state index in [1.54, 1.807) is 0 Å². The Hall–Kier alpha value is -2.11. The average molecular weight is 499 g/mol. The van der Waals surface area contributed by atoms with Crippen LogP contribution in [0.5, 0.6) is 5.75 Å². The number of carbonyl (C=O) groups excluding carboxylic acids is 1. The number of halogens is 1. The molecule has 0 N–H and O–H groups in total. The second-order valence-electron chi connectivity index (χ2n) is 8.40. The number of rotatable bonds is 13. The second-order valence-corrected chi connectivity index (χ2v) is 9.25. The van der Waals surface area contributed by atoms with Gasteiger partial charge >= 0.3 is 0 Å². The summed E-state index contributed by atoms with van der Waals surface area (Å²) in [5.74, 6) is 0.801. The van der Waals surface area contributed by atoms with E-state index < -0.39 is 0 Å². The molecule has 3 aromatic rings. The van der Waals surface area contributed by atoms with Gasteiger partial charge in [0.25, 0.3) is 0 Å². The lowest BCUT2D eigenvalue weighted by Gasteiger charge is -2.22. The van der Waals surface area contributed by atoms with Gasteiger partial charge in [-0.25, -0.2) is 0 Å². The maximum Gasteiger partial charge on any atom is 0.210 e. The summed E-state index contributed by atoms with van der Waals surface area (Å²) in [5, 5.41) is 0. The van der Waals surface area contributed by atoms with Gasteiger partial charge in [-0.15, -0.1) is 0 Å². The number of fused-ring (bicyclic) bond motifs is 1. The van der Waals surface area contributed by atoms with E-state index in [0.29, 0.717) is 17.9 Å². The maximum absolute atomic E-state index is 13.2. The summed E-state index contributed by atoms with van der Waals surface area (Å²) < 4.78 is 8.80. The first kappa shape index (κ1) is 24.5. The number of carbonyl (C=O) groups is 1. The number of hydrogen-bond donors (Lipinski definition) is 0. The molecule has 0 aliphatic heterocycles. The summed E-state index contributed by atoms with van der Waals surface area (Å²) in [7, 11) is 0. The normalized spacial score (nSPS) is 11.4. The minimum atomic E-state index is 0.0171. The summed E-state index contributed by atoms with van der Waals surface area (Å²) in [6.45, 7) is 10.5. The quantitative estimate of drug-likeness (QED) is 0.189. The van der Waals surface area contributed by atoms with Crippen LogP contribution in [0.4, 0.5) is 0 Å². The molecule has 172 valence electrons. The summed E-state index contributed by atoms with van der Waals surface area (Å²) in [6, 6.07) is 13.6. The predicted molar refractivity (Wildman–Crippen MR) is 136 cm³/mol. The molecule has 0 radical (unpaired) electrons. The lowest BCUT2D eigenvalue weighted by molar-refractivity contribution is 0.103. The number of unbranched alkanes of at least 4 members (excludes halogenated alkanes) is 2. The molecule has 5 heteroatoms. The zero-order chi connectivity index (χ0) is 22.9. The van der Waals surface area contributed by atoms with Crippen LogP contribution in [0.1, 0.15) is 67.6 Å². The largest absolute Gasteiger partial charge is 0.492 e. The molecule has 0 amide bonds. The van der Waals surface area contributed by atoms with Crippen LogP contribution in [-0.4, -0.2) is 41.3 Å². The first-order valence-electron chi connectivity index (χ1n) is 11.8. The van der Waals surface area contributed by atoms with Crippen LogP contribution in [0.2, 0.25) is 0 Å². The number of ether oxygens (including phenoxy) is 1. The first-order valence-corrected chi connectivity index (χ1v) is 12.6. The van der Waals surface area contributed by atoms with Gasteiger partial charge in [0.15, 0.2) is 0 Å². The standard InChI is InChI=1S/C27H35BrN2O2/c1-4-6-14-29(15-7-5-2)16-10-18-32-25-13-12-22(20-24(25)28)27(31)26-21(3)19-23-11-8-9-17-30(23)26/h8-9,11-13,17,19-20H,4-7,10,14-16,18H2,1-3H3. The van der Waals surface area contributed by atoms with Gasteiger partial charge in [0.2, 0.25) is 5.78 Å². The van der Waals surface area contributed by atoms with Crippen molar-refractivity contribution >= 4 is 27.2 Å². The third-order valence-corrected chi connectivity index (χ3v) is 6.43. The van der Waals surface area contributed by atoms with E-state index in [4.69, 9.17) is 4.74 Å². The Bertz CT molecular complexity index is 1020. The van der Waals surface area contributed by atoms with Gasteiger partial charge in [0.1, 0.15) is 5.75 Å². The molecule has 0 spiro atoms. The molecule has 4 nitrogen and oxygen atoms in total. The summed E-state index contributed by atoms with van der Waals surface area (Å²) >= 11 is 3.60. The van der Waals surface area contributed by atoms with Crippen LogP contribution in [0.25, 0.3) is 5.52 Å². The molecule has 2 aromatic heterocycles. The third-order valence-electron chi connectivity index (χ3n) is 5.81. The van der Waals surface area contributed by atoms with Crippen LogP contribution < -0.4 is 4.74 Å². The van der Waals surface area contributed by atoms with Crippen LogP contribution in [0.15, 0.2) is 53.1 Å². The molecular formula is C27H35BrN2O2. The fourth-order valence-corrected chi connectivity index (χ4v) is 4.50. The van der Waals surface area contributed by atoms with Crippen molar-refractivity contribution in [1.29, 1.82) is 0 Å². The predicted octanol–water partition coefficient (Wildman–Crippen LogP) is 6.91. The van der Waals surface area contributed by atoms with Gasteiger partial charge in [-0.1, -0.05) is 32.8 Å². The monoisotopic (exact) mass is 498 g/mol. The number of benzene rings is 1. The molecule has 0 aliphatic rings. The average Bonchev–Trinajstić information content (AvgIpc) is 3.13. The van der Waals surface area contributed by atoms with E-state index in [-0.39, 0.29) is 5.78 Å². The fourth-order valence-electron chi connectivity index (χ4n) is 4.01. The molecule has 0 aliphatic carbocycles. The van der Waals surface area contributed by atoms with Gasteiger partial charge in [0.05, 0.1) is 16.8 Å². The van der Waals surface area contributed by atoms with Crippen molar-refractivity contribution in [3.8, 4) is 5.75 Å². The Morgan fingerprint density at radius 1 is 1.00 bits per heavy atom. The zero-order valence-corrected chi connectivity index (χ0v) is 21.2. The summed E-state index contributed by atoms with van der Waals surface area (Å²) in [5.41, 5.74) is 3.37. The first-order chi connectivity index (χ1) is 15.5. The summed E-state index contributed by atoms with van der Waals surface area (Å²) in [6.07, 6.45) is 7.90. The van der Waals surface area contributed by atoms with Gasteiger partial charge in [0, 0.05) is 23.8 Å².